The number of aromatic nitrogens is 3. The van der Waals surface area contributed by atoms with Crippen molar-refractivity contribution in [1.29, 1.82) is 0 Å². The Morgan fingerprint density at radius 2 is 2.10 bits per heavy atom. The quantitative estimate of drug-likeness (QED) is 0.763. The van der Waals surface area contributed by atoms with E-state index in [0.29, 0.717) is 18.4 Å². The first-order chi connectivity index (χ1) is 10.2. The molecule has 1 aromatic heterocycles. The average molecular weight is 287 g/mol. The van der Waals surface area contributed by atoms with Crippen molar-refractivity contribution in [2.24, 2.45) is 0 Å². The molecule has 21 heavy (non-hydrogen) atoms. The molecular weight excluding hydrogens is 266 g/mol. The van der Waals surface area contributed by atoms with E-state index >= 15 is 0 Å². The van der Waals surface area contributed by atoms with E-state index < -0.39 is 0 Å². The molecule has 0 amide bonds. The van der Waals surface area contributed by atoms with Gasteiger partial charge in [-0.3, -0.25) is 0 Å². The minimum absolute atomic E-state index is 0.515. The molecule has 0 aliphatic heterocycles. The summed E-state index contributed by atoms with van der Waals surface area (Å²) in [4.78, 5) is 4.40. The summed E-state index contributed by atoms with van der Waals surface area (Å²) in [5, 5.41) is 14.3. The summed E-state index contributed by atoms with van der Waals surface area (Å²) in [7, 11) is 1.69. The van der Waals surface area contributed by atoms with Gasteiger partial charge in [0, 0.05) is 25.9 Å². The van der Waals surface area contributed by atoms with Gasteiger partial charge in [-0.2, -0.15) is 10.1 Å². The second-order valence-corrected chi connectivity index (χ2v) is 4.81. The minimum Gasteiger partial charge on any atom is -0.385 e. The Hall–Kier alpha value is -2.21. The molecule has 6 heteroatoms. The highest BCUT2D eigenvalue weighted by molar-refractivity contribution is 5.61. The van der Waals surface area contributed by atoms with Crippen LogP contribution in [0, 0.1) is 13.8 Å². The van der Waals surface area contributed by atoms with Crippen molar-refractivity contribution >= 4 is 17.5 Å². The van der Waals surface area contributed by atoms with Gasteiger partial charge in [0.05, 0.1) is 6.20 Å². The van der Waals surface area contributed by atoms with E-state index in [-0.39, 0.29) is 0 Å². The second kappa shape index (κ2) is 7.54. The van der Waals surface area contributed by atoms with Gasteiger partial charge in [-0.1, -0.05) is 12.1 Å². The molecule has 2 N–H and O–H groups in total. The number of nitrogens with zero attached hydrogens (tertiary/aromatic N) is 3. The second-order valence-electron chi connectivity index (χ2n) is 4.81. The Kier molecular flexibility index (Phi) is 5.45. The third-order valence-electron chi connectivity index (χ3n) is 3.23. The monoisotopic (exact) mass is 287 g/mol. The minimum atomic E-state index is 0.515. The number of aryl methyl sites for hydroxylation is 1. The van der Waals surface area contributed by atoms with Crippen LogP contribution in [0.15, 0.2) is 24.4 Å². The Bertz CT molecular complexity index is 588. The lowest BCUT2D eigenvalue weighted by molar-refractivity contribution is 0.197. The lowest BCUT2D eigenvalue weighted by atomic mass is 10.1. The van der Waals surface area contributed by atoms with Crippen LogP contribution in [0.1, 0.15) is 17.5 Å². The van der Waals surface area contributed by atoms with Gasteiger partial charge in [0.2, 0.25) is 5.95 Å². The maximum atomic E-state index is 5.00. The molecule has 2 rings (SSSR count). The van der Waals surface area contributed by atoms with Crippen LogP contribution < -0.4 is 10.6 Å². The van der Waals surface area contributed by atoms with Crippen molar-refractivity contribution in [2.75, 3.05) is 30.9 Å². The molecule has 6 nitrogen and oxygen atoms in total. The topological polar surface area (TPSA) is 72.0 Å². The molecule has 1 aromatic carbocycles. The first-order valence-corrected chi connectivity index (χ1v) is 6.96. The van der Waals surface area contributed by atoms with Gasteiger partial charge >= 0.3 is 0 Å². The molecule has 0 fully saturated rings. The molecule has 1 heterocycles. The maximum absolute atomic E-state index is 5.00. The van der Waals surface area contributed by atoms with Gasteiger partial charge in [0.1, 0.15) is 0 Å². The van der Waals surface area contributed by atoms with E-state index in [1.165, 1.54) is 11.1 Å². The zero-order chi connectivity index (χ0) is 15.1. The Balaban J connectivity index is 2.02. The van der Waals surface area contributed by atoms with Crippen molar-refractivity contribution in [1.82, 2.24) is 15.2 Å². The van der Waals surface area contributed by atoms with Crippen molar-refractivity contribution in [3.8, 4) is 0 Å². The summed E-state index contributed by atoms with van der Waals surface area (Å²) in [6, 6.07) is 6.13. The number of anilines is 3. The summed E-state index contributed by atoms with van der Waals surface area (Å²) in [5.41, 5.74) is 3.46. The van der Waals surface area contributed by atoms with Gasteiger partial charge in [-0.05, 0) is 37.5 Å². The van der Waals surface area contributed by atoms with Crippen LogP contribution in [0.4, 0.5) is 17.5 Å². The van der Waals surface area contributed by atoms with Gasteiger partial charge in [-0.15, -0.1) is 5.10 Å². The molecule has 0 unspecified atom stereocenters. The van der Waals surface area contributed by atoms with Gasteiger partial charge < -0.3 is 15.4 Å². The largest absolute Gasteiger partial charge is 0.385 e. The number of hydrogen-bond acceptors (Lipinski definition) is 6. The highest BCUT2D eigenvalue weighted by Crippen LogP contribution is 2.21. The van der Waals surface area contributed by atoms with Gasteiger partial charge in [0.15, 0.2) is 5.82 Å². The number of ether oxygens (including phenoxy) is 1. The van der Waals surface area contributed by atoms with Crippen molar-refractivity contribution in [3.63, 3.8) is 0 Å². The molecule has 0 spiro atoms. The third kappa shape index (κ3) is 4.39. The van der Waals surface area contributed by atoms with Gasteiger partial charge in [0.25, 0.3) is 0 Å². The van der Waals surface area contributed by atoms with Crippen LogP contribution >= 0.6 is 0 Å². The van der Waals surface area contributed by atoms with E-state index in [9.17, 15) is 0 Å². The molecule has 0 bridgehead atoms. The van der Waals surface area contributed by atoms with Crippen LogP contribution in [0.5, 0.6) is 0 Å². The molecule has 0 aliphatic rings. The van der Waals surface area contributed by atoms with Crippen molar-refractivity contribution < 1.29 is 4.74 Å². The zero-order valence-electron chi connectivity index (χ0n) is 12.7. The summed E-state index contributed by atoms with van der Waals surface area (Å²) in [5.74, 6) is 1.19. The van der Waals surface area contributed by atoms with Crippen LogP contribution in [0.25, 0.3) is 0 Å². The highest BCUT2D eigenvalue weighted by atomic mass is 16.5. The maximum Gasteiger partial charge on any atom is 0.244 e. The molecule has 0 saturated heterocycles. The number of methoxy groups -OCH3 is 1. The molecule has 112 valence electrons. The number of nitrogens with one attached hydrogen (secondary N) is 2. The molecule has 0 saturated carbocycles. The summed E-state index contributed by atoms with van der Waals surface area (Å²) in [6.45, 7) is 5.63. The normalized spacial score (nSPS) is 10.4. The molecule has 2 aromatic rings. The van der Waals surface area contributed by atoms with Crippen molar-refractivity contribution in [2.45, 2.75) is 20.3 Å². The predicted molar refractivity (Wildman–Crippen MR) is 84.0 cm³/mol. The number of rotatable bonds is 7. The number of benzene rings is 1. The molecule has 0 radical (unpaired) electrons. The first kappa shape index (κ1) is 15.2. The molecule has 0 aliphatic carbocycles. The lowest BCUT2D eigenvalue weighted by Crippen LogP contribution is -2.09. The zero-order valence-corrected chi connectivity index (χ0v) is 12.7. The van der Waals surface area contributed by atoms with Crippen LogP contribution in [-0.4, -0.2) is 35.4 Å². The Morgan fingerprint density at radius 3 is 2.90 bits per heavy atom. The van der Waals surface area contributed by atoms with Crippen LogP contribution in [-0.2, 0) is 4.74 Å². The number of hydrogen-bond donors (Lipinski definition) is 2. The van der Waals surface area contributed by atoms with E-state index in [2.05, 4.69) is 45.7 Å². The summed E-state index contributed by atoms with van der Waals surface area (Å²) < 4.78 is 5.00. The van der Waals surface area contributed by atoms with Crippen LogP contribution in [0.3, 0.4) is 0 Å². The van der Waals surface area contributed by atoms with Crippen LogP contribution in [0.2, 0.25) is 0 Å². The smallest absolute Gasteiger partial charge is 0.244 e. The fourth-order valence-corrected chi connectivity index (χ4v) is 1.88. The van der Waals surface area contributed by atoms with Crippen molar-refractivity contribution in [3.05, 3.63) is 35.5 Å². The van der Waals surface area contributed by atoms with E-state index in [4.69, 9.17) is 4.74 Å². The summed E-state index contributed by atoms with van der Waals surface area (Å²) in [6.07, 6.45) is 2.51. The Morgan fingerprint density at radius 1 is 1.24 bits per heavy atom. The van der Waals surface area contributed by atoms with E-state index in [1.807, 2.05) is 12.1 Å². The lowest BCUT2D eigenvalue weighted by Gasteiger charge is -2.11. The average Bonchev–Trinajstić information content (AvgIpc) is 2.49. The highest BCUT2D eigenvalue weighted by Gasteiger charge is 2.04. The van der Waals surface area contributed by atoms with E-state index in [1.54, 1.807) is 13.3 Å². The fourth-order valence-electron chi connectivity index (χ4n) is 1.88. The molecular formula is C15H21N5O. The molecule has 0 atom stereocenters. The SMILES string of the molecule is COCCCNc1nncc(Nc2cccc(C)c2C)n1. The predicted octanol–water partition coefficient (Wildman–Crippen LogP) is 2.68. The Labute approximate surface area is 125 Å². The van der Waals surface area contributed by atoms with E-state index in [0.717, 1.165) is 18.7 Å². The fraction of sp³-hybridized carbons (Fsp3) is 0.400. The van der Waals surface area contributed by atoms with Gasteiger partial charge in [-0.25, -0.2) is 0 Å². The standard InChI is InChI=1S/C15H21N5O/c1-11-6-4-7-13(12(11)2)18-14-10-17-20-15(19-14)16-8-5-9-21-3/h4,6-7,10H,5,8-9H2,1-3H3,(H2,16,18,19,20). The third-order valence-corrected chi connectivity index (χ3v) is 3.23. The summed E-state index contributed by atoms with van der Waals surface area (Å²) >= 11 is 0. The first-order valence-electron chi connectivity index (χ1n) is 6.96.